The van der Waals surface area contributed by atoms with Crippen LogP contribution >= 0.6 is 11.8 Å². The highest BCUT2D eigenvalue weighted by molar-refractivity contribution is 7.99. The first-order valence-electron chi connectivity index (χ1n) is 18.0. The largest absolute Gasteiger partial charge is 0.456 e. The molecule has 2 aliphatic rings. The molecule has 1 spiro atoms. The summed E-state index contributed by atoms with van der Waals surface area (Å²) in [6.45, 7) is 0. The molecule has 0 atom stereocenters. The summed E-state index contributed by atoms with van der Waals surface area (Å²) in [5.41, 5.74) is 13.9. The van der Waals surface area contributed by atoms with E-state index in [1.165, 1.54) is 43.2 Å². The van der Waals surface area contributed by atoms with Gasteiger partial charge in [-0.15, -0.1) is 0 Å². The number of hydrogen-bond acceptors (Lipinski definition) is 4. The summed E-state index contributed by atoms with van der Waals surface area (Å²) < 4.78 is 13.3. The second-order valence-corrected chi connectivity index (χ2v) is 15.0. The van der Waals surface area contributed by atoms with E-state index in [1.807, 2.05) is 23.9 Å². The Labute approximate surface area is 309 Å². The SMILES string of the molecule is c1ccc(N(c2cccc3oc4ccccc4c23)c2cccc3oc4cc5c(cc4c23)-c2ccccc2C52c3ccccc3Sc3ccccc32)cc1. The maximum absolute atomic E-state index is 6.94. The third kappa shape index (κ3) is 3.85. The van der Waals surface area contributed by atoms with Crippen LogP contribution in [-0.2, 0) is 5.41 Å². The third-order valence-corrected chi connectivity index (χ3v) is 12.5. The van der Waals surface area contributed by atoms with Crippen molar-refractivity contribution in [2.24, 2.45) is 0 Å². The van der Waals surface area contributed by atoms with Crippen molar-refractivity contribution in [3.63, 3.8) is 0 Å². The molecule has 0 N–H and O–H groups in total. The van der Waals surface area contributed by atoms with Gasteiger partial charge in [-0.05, 0) is 100 Å². The molecule has 2 aromatic heterocycles. The average molecular weight is 696 g/mol. The molecule has 0 fully saturated rings. The van der Waals surface area contributed by atoms with Crippen LogP contribution in [0.4, 0.5) is 17.1 Å². The van der Waals surface area contributed by atoms with Gasteiger partial charge in [0.05, 0.1) is 27.6 Å². The molecule has 0 radical (unpaired) electrons. The summed E-state index contributed by atoms with van der Waals surface area (Å²) in [4.78, 5) is 4.95. The molecular formula is C49H29NO2S. The molecule has 0 unspecified atom stereocenters. The van der Waals surface area contributed by atoms with Gasteiger partial charge < -0.3 is 13.7 Å². The number of fused-ring (bicyclic) bond motifs is 15. The van der Waals surface area contributed by atoms with Gasteiger partial charge in [-0.2, -0.15) is 0 Å². The van der Waals surface area contributed by atoms with Crippen molar-refractivity contribution in [1.29, 1.82) is 0 Å². The number of rotatable bonds is 3. The molecule has 1 aliphatic carbocycles. The van der Waals surface area contributed by atoms with Crippen molar-refractivity contribution in [3.8, 4) is 11.1 Å². The maximum Gasteiger partial charge on any atom is 0.137 e. The quantitative estimate of drug-likeness (QED) is 0.184. The molecule has 4 heteroatoms. The summed E-state index contributed by atoms with van der Waals surface area (Å²) in [7, 11) is 0. The van der Waals surface area contributed by atoms with Crippen molar-refractivity contribution >= 4 is 72.7 Å². The van der Waals surface area contributed by atoms with Gasteiger partial charge in [-0.3, -0.25) is 0 Å². The molecule has 0 bridgehead atoms. The van der Waals surface area contributed by atoms with Crippen LogP contribution in [0.1, 0.15) is 22.3 Å². The molecule has 0 amide bonds. The van der Waals surface area contributed by atoms with Gasteiger partial charge in [-0.1, -0.05) is 121 Å². The van der Waals surface area contributed by atoms with E-state index in [0.717, 1.165) is 60.9 Å². The molecule has 0 saturated heterocycles. The van der Waals surface area contributed by atoms with Crippen molar-refractivity contribution in [1.82, 2.24) is 0 Å². The van der Waals surface area contributed by atoms with E-state index in [2.05, 4.69) is 169 Å². The van der Waals surface area contributed by atoms with Gasteiger partial charge in [0, 0.05) is 26.3 Å². The van der Waals surface area contributed by atoms with Crippen LogP contribution in [0.2, 0.25) is 0 Å². The summed E-state index contributed by atoms with van der Waals surface area (Å²) in [5, 5.41) is 4.35. The smallest absolute Gasteiger partial charge is 0.137 e. The van der Waals surface area contributed by atoms with Crippen LogP contribution in [0.15, 0.2) is 195 Å². The summed E-state index contributed by atoms with van der Waals surface area (Å²) in [6.07, 6.45) is 0. The molecule has 3 nitrogen and oxygen atoms in total. The second kappa shape index (κ2) is 10.8. The maximum atomic E-state index is 6.94. The molecule has 53 heavy (non-hydrogen) atoms. The Bertz CT molecular complexity index is 3070. The highest BCUT2D eigenvalue weighted by atomic mass is 32.2. The van der Waals surface area contributed by atoms with E-state index in [-0.39, 0.29) is 0 Å². The van der Waals surface area contributed by atoms with Crippen molar-refractivity contribution in [2.45, 2.75) is 15.2 Å². The zero-order chi connectivity index (χ0) is 34.7. The number of benzene rings is 8. The molecular weight excluding hydrogens is 667 g/mol. The lowest BCUT2D eigenvalue weighted by Crippen LogP contribution is -2.31. The monoisotopic (exact) mass is 695 g/mol. The first-order chi connectivity index (χ1) is 26.3. The Morgan fingerprint density at radius 3 is 1.70 bits per heavy atom. The van der Waals surface area contributed by atoms with E-state index in [1.54, 1.807) is 0 Å². The molecule has 1 aliphatic heterocycles. The summed E-state index contributed by atoms with van der Waals surface area (Å²) >= 11 is 1.87. The normalized spacial score (nSPS) is 13.7. The minimum absolute atomic E-state index is 0.464. The van der Waals surface area contributed by atoms with Crippen molar-refractivity contribution in [2.75, 3.05) is 4.90 Å². The highest BCUT2D eigenvalue weighted by Gasteiger charge is 2.50. The van der Waals surface area contributed by atoms with Gasteiger partial charge in [0.1, 0.15) is 22.3 Å². The van der Waals surface area contributed by atoms with E-state index in [9.17, 15) is 0 Å². The highest BCUT2D eigenvalue weighted by Crippen LogP contribution is 2.63. The molecule has 12 rings (SSSR count). The van der Waals surface area contributed by atoms with E-state index < -0.39 is 5.41 Å². The zero-order valence-electron chi connectivity index (χ0n) is 28.4. The Morgan fingerprint density at radius 1 is 0.396 bits per heavy atom. The number of nitrogens with zero attached hydrogens (tertiary/aromatic N) is 1. The van der Waals surface area contributed by atoms with E-state index in [0.29, 0.717) is 0 Å². The zero-order valence-corrected chi connectivity index (χ0v) is 29.2. The standard InChI is InChI=1S/C49H29NO2S/c1-2-14-30(15-3-1)50(39-21-12-24-42-47(39)32-17-5-9-23-41(32)51-42)40-22-13-25-43-48(40)34-28-33-31-16-4-6-18-35(31)49(38(33)29-44(34)52-43)36-19-7-10-26-45(36)53-46-27-11-8-20-37(46)49/h1-29H. The Hall–Kier alpha value is -6.49. The molecule has 248 valence electrons. The lowest BCUT2D eigenvalue weighted by Gasteiger charge is -2.39. The fourth-order valence-electron chi connectivity index (χ4n) is 9.26. The first-order valence-corrected chi connectivity index (χ1v) is 18.8. The minimum Gasteiger partial charge on any atom is -0.456 e. The van der Waals surface area contributed by atoms with Crippen LogP contribution in [0, 0.1) is 0 Å². The minimum atomic E-state index is -0.464. The molecule has 3 heterocycles. The fourth-order valence-corrected chi connectivity index (χ4v) is 10.5. The molecule has 0 saturated carbocycles. The predicted molar refractivity (Wildman–Crippen MR) is 217 cm³/mol. The van der Waals surface area contributed by atoms with E-state index >= 15 is 0 Å². The van der Waals surface area contributed by atoms with Gasteiger partial charge in [-0.25, -0.2) is 0 Å². The molecule has 8 aromatic carbocycles. The lowest BCUT2D eigenvalue weighted by molar-refractivity contribution is 0.664. The van der Waals surface area contributed by atoms with Crippen LogP contribution in [0.5, 0.6) is 0 Å². The summed E-state index contributed by atoms with van der Waals surface area (Å²) in [5.74, 6) is 0. The fraction of sp³-hybridized carbons (Fsp3) is 0.0204. The predicted octanol–water partition coefficient (Wildman–Crippen LogP) is 13.8. The third-order valence-electron chi connectivity index (χ3n) is 11.3. The van der Waals surface area contributed by atoms with Gasteiger partial charge >= 0.3 is 0 Å². The van der Waals surface area contributed by atoms with E-state index in [4.69, 9.17) is 8.83 Å². The van der Waals surface area contributed by atoms with Crippen LogP contribution in [0.25, 0.3) is 55.0 Å². The second-order valence-electron chi connectivity index (χ2n) is 14.0. The van der Waals surface area contributed by atoms with Crippen LogP contribution < -0.4 is 4.90 Å². The average Bonchev–Trinajstić information content (AvgIpc) is 3.87. The Kier molecular flexibility index (Phi) is 5.92. The lowest BCUT2D eigenvalue weighted by atomic mass is 9.67. The number of para-hydroxylation sites is 2. The van der Waals surface area contributed by atoms with Gasteiger partial charge in [0.15, 0.2) is 0 Å². The number of furan rings is 2. The Balaban J connectivity index is 1.18. The molecule has 10 aromatic rings. The van der Waals surface area contributed by atoms with Crippen molar-refractivity contribution < 1.29 is 8.83 Å². The number of hydrogen-bond donors (Lipinski definition) is 0. The van der Waals surface area contributed by atoms with Crippen LogP contribution in [-0.4, -0.2) is 0 Å². The Morgan fingerprint density at radius 2 is 0.962 bits per heavy atom. The first kappa shape index (κ1) is 29.1. The van der Waals surface area contributed by atoms with Gasteiger partial charge in [0.25, 0.3) is 0 Å². The topological polar surface area (TPSA) is 29.5 Å². The van der Waals surface area contributed by atoms with Crippen LogP contribution in [0.3, 0.4) is 0 Å². The number of anilines is 3. The van der Waals surface area contributed by atoms with Gasteiger partial charge in [0.2, 0.25) is 0 Å². The van der Waals surface area contributed by atoms with Crippen molar-refractivity contribution in [3.05, 3.63) is 198 Å². The summed E-state index contributed by atoms with van der Waals surface area (Å²) in [6, 6.07) is 63.3.